The molecule has 0 aliphatic rings. The Morgan fingerprint density at radius 1 is 1.05 bits per heavy atom. The monoisotopic (exact) mass is 295 g/mol. The molecule has 0 saturated carbocycles. The molecule has 0 bridgehead atoms. The van der Waals surface area contributed by atoms with Gasteiger partial charge in [0.1, 0.15) is 5.82 Å². The third-order valence-electron chi connectivity index (χ3n) is 2.75. The summed E-state index contributed by atoms with van der Waals surface area (Å²) in [5.41, 5.74) is 7.78. The molecule has 0 radical (unpaired) electrons. The van der Waals surface area contributed by atoms with Gasteiger partial charge in [-0.1, -0.05) is 23.2 Å². The van der Waals surface area contributed by atoms with Gasteiger partial charge >= 0.3 is 0 Å². The van der Waals surface area contributed by atoms with Gasteiger partial charge in [-0.3, -0.25) is 4.57 Å². The van der Waals surface area contributed by atoms with E-state index in [0.29, 0.717) is 21.2 Å². The number of nitrogens with zero attached hydrogens (tertiary/aromatic N) is 2. The van der Waals surface area contributed by atoms with Crippen molar-refractivity contribution in [1.29, 1.82) is 0 Å². The SMILES string of the molecule is Nc1nc2cc(Cl)ccc2n1-c1cc(F)cc(Cl)c1. The minimum Gasteiger partial charge on any atom is -0.369 e. The van der Waals surface area contributed by atoms with Crippen LogP contribution in [0.15, 0.2) is 36.4 Å². The first-order chi connectivity index (χ1) is 9.04. The topological polar surface area (TPSA) is 43.8 Å². The molecule has 0 amide bonds. The van der Waals surface area contributed by atoms with E-state index in [2.05, 4.69) is 4.98 Å². The Balaban J connectivity index is 2.32. The van der Waals surface area contributed by atoms with Crippen molar-refractivity contribution >= 4 is 40.2 Å². The highest BCUT2D eigenvalue weighted by Gasteiger charge is 2.11. The van der Waals surface area contributed by atoms with Gasteiger partial charge < -0.3 is 5.73 Å². The summed E-state index contributed by atoms with van der Waals surface area (Å²) >= 11 is 11.8. The minimum atomic E-state index is -0.433. The number of anilines is 1. The average molecular weight is 296 g/mol. The summed E-state index contributed by atoms with van der Waals surface area (Å²) in [7, 11) is 0. The van der Waals surface area contributed by atoms with E-state index in [1.165, 1.54) is 12.1 Å². The molecule has 0 fully saturated rings. The summed E-state index contributed by atoms with van der Waals surface area (Å²) in [6, 6.07) is 9.40. The molecule has 0 saturated heterocycles. The molecule has 0 spiro atoms. The Morgan fingerprint density at radius 3 is 2.58 bits per heavy atom. The molecule has 0 aliphatic heterocycles. The molecular formula is C13H8Cl2FN3. The molecule has 2 aromatic carbocycles. The van der Waals surface area contributed by atoms with Crippen LogP contribution in [0.3, 0.4) is 0 Å². The lowest BCUT2D eigenvalue weighted by Crippen LogP contribution is -2.01. The fraction of sp³-hybridized carbons (Fsp3) is 0. The molecule has 96 valence electrons. The molecule has 0 aliphatic carbocycles. The molecule has 6 heteroatoms. The second kappa shape index (κ2) is 4.40. The molecule has 0 unspecified atom stereocenters. The smallest absolute Gasteiger partial charge is 0.205 e. The van der Waals surface area contributed by atoms with E-state index in [4.69, 9.17) is 28.9 Å². The standard InChI is InChI=1S/C13H8Cl2FN3/c14-7-1-2-12-11(5-7)18-13(17)19(12)10-4-8(15)3-9(16)6-10/h1-6H,(H2,17,18). The first kappa shape index (κ1) is 12.3. The van der Waals surface area contributed by atoms with E-state index in [1.807, 2.05) is 0 Å². The molecule has 3 aromatic rings. The van der Waals surface area contributed by atoms with Gasteiger partial charge in [-0.15, -0.1) is 0 Å². The zero-order valence-electron chi connectivity index (χ0n) is 9.57. The predicted molar refractivity (Wildman–Crippen MR) is 75.5 cm³/mol. The van der Waals surface area contributed by atoms with Crippen molar-refractivity contribution in [3.8, 4) is 5.69 Å². The van der Waals surface area contributed by atoms with Crippen LogP contribution < -0.4 is 5.73 Å². The second-order valence-corrected chi connectivity index (χ2v) is 4.94. The number of imidazole rings is 1. The van der Waals surface area contributed by atoms with E-state index >= 15 is 0 Å². The lowest BCUT2D eigenvalue weighted by molar-refractivity contribution is 0.627. The van der Waals surface area contributed by atoms with Crippen LogP contribution in [0, 0.1) is 5.82 Å². The van der Waals surface area contributed by atoms with Gasteiger partial charge in [0, 0.05) is 10.0 Å². The fourth-order valence-corrected chi connectivity index (χ4v) is 2.39. The van der Waals surface area contributed by atoms with Crippen LogP contribution in [0.1, 0.15) is 0 Å². The quantitative estimate of drug-likeness (QED) is 0.736. The molecule has 0 atom stereocenters. The van der Waals surface area contributed by atoms with Gasteiger partial charge in [0.25, 0.3) is 0 Å². The van der Waals surface area contributed by atoms with Gasteiger partial charge in [0.2, 0.25) is 5.95 Å². The largest absolute Gasteiger partial charge is 0.369 e. The van der Waals surface area contributed by atoms with E-state index in [0.717, 1.165) is 5.52 Å². The first-order valence-electron chi connectivity index (χ1n) is 5.44. The highest BCUT2D eigenvalue weighted by molar-refractivity contribution is 6.31. The Hall–Kier alpha value is -1.78. The zero-order valence-corrected chi connectivity index (χ0v) is 11.1. The normalized spacial score (nSPS) is 11.1. The van der Waals surface area contributed by atoms with E-state index in [-0.39, 0.29) is 5.95 Å². The van der Waals surface area contributed by atoms with E-state index < -0.39 is 5.82 Å². The first-order valence-corrected chi connectivity index (χ1v) is 6.20. The van der Waals surface area contributed by atoms with Gasteiger partial charge in [0.15, 0.2) is 0 Å². The van der Waals surface area contributed by atoms with Crippen molar-refractivity contribution in [2.75, 3.05) is 5.73 Å². The third kappa shape index (κ3) is 2.13. The van der Waals surface area contributed by atoms with Gasteiger partial charge in [-0.25, -0.2) is 9.37 Å². The zero-order chi connectivity index (χ0) is 13.6. The number of halogens is 3. The summed E-state index contributed by atoms with van der Waals surface area (Å²) < 4.78 is 15.1. The number of nitrogen functional groups attached to an aromatic ring is 1. The number of benzene rings is 2. The highest BCUT2D eigenvalue weighted by atomic mass is 35.5. The lowest BCUT2D eigenvalue weighted by atomic mass is 10.2. The number of fused-ring (bicyclic) bond motifs is 1. The maximum Gasteiger partial charge on any atom is 0.205 e. The van der Waals surface area contributed by atoms with E-state index in [1.54, 1.807) is 28.8 Å². The molecule has 2 N–H and O–H groups in total. The van der Waals surface area contributed by atoms with Crippen LogP contribution >= 0.6 is 23.2 Å². The molecule has 3 rings (SSSR count). The highest BCUT2D eigenvalue weighted by Crippen LogP contribution is 2.27. The second-order valence-electron chi connectivity index (χ2n) is 4.07. The number of hydrogen-bond donors (Lipinski definition) is 1. The van der Waals surface area contributed by atoms with Crippen LogP contribution in [-0.4, -0.2) is 9.55 Å². The van der Waals surface area contributed by atoms with Crippen molar-refractivity contribution in [2.24, 2.45) is 0 Å². The Bertz CT molecular complexity index is 763. The van der Waals surface area contributed by atoms with Gasteiger partial charge in [-0.05, 0) is 36.4 Å². The molecule has 1 heterocycles. The molecule has 19 heavy (non-hydrogen) atoms. The van der Waals surface area contributed by atoms with Crippen molar-refractivity contribution in [3.63, 3.8) is 0 Å². The number of rotatable bonds is 1. The Labute approximate surface area is 118 Å². The minimum absolute atomic E-state index is 0.249. The molecule has 1 aromatic heterocycles. The number of nitrogens with two attached hydrogens (primary N) is 1. The molecule has 3 nitrogen and oxygen atoms in total. The van der Waals surface area contributed by atoms with Crippen LogP contribution in [0.5, 0.6) is 0 Å². The lowest BCUT2D eigenvalue weighted by Gasteiger charge is -2.07. The van der Waals surface area contributed by atoms with E-state index in [9.17, 15) is 4.39 Å². The Morgan fingerprint density at radius 2 is 1.84 bits per heavy atom. The fourth-order valence-electron chi connectivity index (χ4n) is 2.01. The third-order valence-corrected chi connectivity index (χ3v) is 3.20. The van der Waals surface area contributed by atoms with Crippen LogP contribution in [0.4, 0.5) is 10.3 Å². The molecular weight excluding hydrogens is 288 g/mol. The van der Waals surface area contributed by atoms with Crippen molar-refractivity contribution in [3.05, 3.63) is 52.3 Å². The summed E-state index contributed by atoms with van der Waals surface area (Å²) in [6.07, 6.45) is 0. The van der Waals surface area contributed by atoms with Crippen molar-refractivity contribution in [1.82, 2.24) is 9.55 Å². The van der Waals surface area contributed by atoms with Crippen LogP contribution in [-0.2, 0) is 0 Å². The maximum absolute atomic E-state index is 13.4. The van der Waals surface area contributed by atoms with Gasteiger partial charge in [0.05, 0.1) is 16.7 Å². The average Bonchev–Trinajstić information content (AvgIpc) is 2.62. The summed E-state index contributed by atoms with van der Waals surface area (Å²) in [5, 5.41) is 0.861. The number of hydrogen-bond acceptors (Lipinski definition) is 2. The van der Waals surface area contributed by atoms with Crippen LogP contribution in [0.2, 0.25) is 10.0 Å². The van der Waals surface area contributed by atoms with Crippen LogP contribution in [0.25, 0.3) is 16.7 Å². The summed E-state index contributed by atoms with van der Waals surface area (Å²) in [6.45, 7) is 0. The maximum atomic E-state index is 13.4. The van der Waals surface area contributed by atoms with Gasteiger partial charge in [-0.2, -0.15) is 0 Å². The predicted octanol–water partition coefficient (Wildman–Crippen LogP) is 4.05. The summed E-state index contributed by atoms with van der Waals surface area (Å²) in [5.74, 6) is -0.184. The van der Waals surface area contributed by atoms with Crippen molar-refractivity contribution in [2.45, 2.75) is 0 Å². The summed E-state index contributed by atoms with van der Waals surface area (Å²) in [4.78, 5) is 4.20. The van der Waals surface area contributed by atoms with Crippen molar-refractivity contribution < 1.29 is 4.39 Å². The Kier molecular flexibility index (Phi) is 2.84. The number of aromatic nitrogens is 2.